The fraction of sp³-hybridized carbons (Fsp3) is 0.429. The number of thiophene rings is 1. The summed E-state index contributed by atoms with van der Waals surface area (Å²) < 4.78 is 0. The average Bonchev–Trinajstić information content (AvgIpc) is 2.34. The molecular weight excluding hydrogens is 162 g/mol. The third-order valence-electron chi connectivity index (χ3n) is 1.42. The van der Waals surface area contributed by atoms with E-state index in [1.165, 1.54) is 10.4 Å². The van der Waals surface area contributed by atoms with Crippen molar-refractivity contribution in [1.82, 2.24) is 5.32 Å². The molecule has 1 heterocycles. The molecule has 0 aliphatic rings. The molecule has 0 spiro atoms. The largest absolute Gasteiger partial charge is 0.304 e. The van der Waals surface area contributed by atoms with Gasteiger partial charge in [0, 0.05) is 4.88 Å². The number of hydrogen-bond donors (Lipinski definition) is 2. The van der Waals surface area contributed by atoms with Crippen LogP contribution in [-0.4, -0.2) is 7.05 Å². The van der Waals surface area contributed by atoms with Crippen molar-refractivity contribution in [2.45, 2.75) is 12.3 Å². The van der Waals surface area contributed by atoms with Crippen LogP contribution in [0.5, 0.6) is 0 Å². The second-order valence-electron chi connectivity index (χ2n) is 2.16. The summed E-state index contributed by atoms with van der Waals surface area (Å²) in [5.74, 6) is 0. The molecule has 3 heteroatoms. The lowest BCUT2D eigenvalue weighted by molar-refractivity contribution is 0.809. The van der Waals surface area contributed by atoms with Crippen LogP contribution >= 0.6 is 24.0 Å². The van der Waals surface area contributed by atoms with E-state index in [9.17, 15) is 0 Å². The maximum absolute atomic E-state index is 4.35. The van der Waals surface area contributed by atoms with Crippen molar-refractivity contribution >= 4 is 24.0 Å². The van der Waals surface area contributed by atoms with Gasteiger partial charge >= 0.3 is 0 Å². The lowest BCUT2D eigenvalue weighted by Crippen LogP contribution is -2.09. The third kappa shape index (κ3) is 1.54. The van der Waals surface area contributed by atoms with E-state index in [0.717, 1.165) is 0 Å². The molecule has 1 nitrogen and oxygen atoms in total. The SMILES string of the molecule is CNC(S)c1sccc1C. The van der Waals surface area contributed by atoms with Gasteiger partial charge in [0.15, 0.2) is 0 Å². The Bertz CT molecular complexity index is 207. The Hall–Kier alpha value is 0.0100. The van der Waals surface area contributed by atoms with Crippen molar-refractivity contribution in [3.05, 3.63) is 21.9 Å². The van der Waals surface area contributed by atoms with Gasteiger partial charge in [0.25, 0.3) is 0 Å². The van der Waals surface area contributed by atoms with E-state index in [2.05, 4.69) is 36.3 Å². The molecule has 0 fully saturated rings. The molecule has 10 heavy (non-hydrogen) atoms. The second-order valence-corrected chi connectivity index (χ2v) is 3.62. The van der Waals surface area contributed by atoms with Gasteiger partial charge in [-0.2, -0.15) is 12.6 Å². The molecular formula is C7H11NS2. The first-order valence-electron chi connectivity index (χ1n) is 3.15. The van der Waals surface area contributed by atoms with E-state index in [1.54, 1.807) is 11.3 Å². The topological polar surface area (TPSA) is 12.0 Å². The summed E-state index contributed by atoms with van der Waals surface area (Å²) in [4.78, 5) is 1.31. The van der Waals surface area contributed by atoms with Gasteiger partial charge in [-0.05, 0) is 31.0 Å². The molecule has 1 atom stereocenters. The Balaban J connectivity index is 2.82. The summed E-state index contributed by atoms with van der Waals surface area (Å²) in [6.45, 7) is 2.10. The van der Waals surface area contributed by atoms with Gasteiger partial charge in [-0.1, -0.05) is 0 Å². The van der Waals surface area contributed by atoms with Gasteiger partial charge < -0.3 is 5.32 Å². The van der Waals surface area contributed by atoms with Gasteiger partial charge in [-0.3, -0.25) is 0 Å². The molecule has 1 aromatic heterocycles. The second kappa shape index (κ2) is 3.42. The van der Waals surface area contributed by atoms with Gasteiger partial charge in [0.2, 0.25) is 0 Å². The molecule has 0 saturated heterocycles. The minimum atomic E-state index is 0.194. The minimum Gasteiger partial charge on any atom is -0.304 e. The molecule has 0 radical (unpaired) electrons. The number of nitrogens with one attached hydrogen (secondary N) is 1. The van der Waals surface area contributed by atoms with E-state index in [0.29, 0.717) is 0 Å². The zero-order valence-electron chi connectivity index (χ0n) is 6.09. The van der Waals surface area contributed by atoms with Crippen molar-refractivity contribution in [2.24, 2.45) is 0 Å². The van der Waals surface area contributed by atoms with Crippen molar-refractivity contribution in [3.8, 4) is 0 Å². The first-order valence-corrected chi connectivity index (χ1v) is 4.54. The van der Waals surface area contributed by atoms with Crippen LogP contribution in [0.4, 0.5) is 0 Å². The summed E-state index contributed by atoms with van der Waals surface area (Å²) >= 11 is 6.10. The van der Waals surface area contributed by atoms with Crippen molar-refractivity contribution in [1.29, 1.82) is 0 Å². The lowest BCUT2D eigenvalue weighted by atomic mass is 10.3. The third-order valence-corrected chi connectivity index (χ3v) is 3.20. The fourth-order valence-electron chi connectivity index (χ4n) is 0.796. The Morgan fingerprint density at radius 1 is 1.70 bits per heavy atom. The van der Waals surface area contributed by atoms with Crippen LogP contribution in [0.1, 0.15) is 15.8 Å². The summed E-state index contributed by atoms with van der Waals surface area (Å²) in [6.07, 6.45) is 0. The molecule has 0 aromatic carbocycles. The van der Waals surface area contributed by atoms with Crippen LogP contribution in [0.2, 0.25) is 0 Å². The van der Waals surface area contributed by atoms with Crippen molar-refractivity contribution in [2.75, 3.05) is 7.05 Å². The highest BCUT2D eigenvalue weighted by molar-refractivity contribution is 7.80. The number of hydrogen-bond acceptors (Lipinski definition) is 3. The molecule has 0 aliphatic carbocycles. The monoisotopic (exact) mass is 173 g/mol. The molecule has 0 aliphatic heterocycles. The van der Waals surface area contributed by atoms with E-state index in [-0.39, 0.29) is 5.37 Å². The van der Waals surface area contributed by atoms with Gasteiger partial charge in [0.1, 0.15) is 0 Å². The van der Waals surface area contributed by atoms with E-state index in [4.69, 9.17) is 0 Å². The molecule has 1 N–H and O–H groups in total. The van der Waals surface area contributed by atoms with E-state index in [1.807, 2.05) is 7.05 Å². The average molecular weight is 173 g/mol. The molecule has 0 saturated carbocycles. The summed E-state index contributed by atoms with van der Waals surface area (Å²) in [5.41, 5.74) is 1.32. The minimum absolute atomic E-state index is 0.194. The first-order chi connectivity index (χ1) is 4.75. The normalized spacial score (nSPS) is 13.5. The van der Waals surface area contributed by atoms with Gasteiger partial charge in [-0.25, -0.2) is 0 Å². The van der Waals surface area contributed by atoms with Crippen molar-refractivity contribution < 1.29 is 0 Å². The highest BCUT2D eigenvalue weighted by Gasteiger charge is 2.06. The first kappa shape index (κ1) is 8.11. The maximum Gasteiger partial charge on any atom is 0.0853 e. The Labute approximate surface area is 70.9 Å². The molecule has 0 bridgehead atoms. The van der Waals surface area contributed by atoms with Crippen molar-refractivity contribution in [3.63, 3.8) is 0 Å². The Morgan fingerprint density at radius 2 is 2.40 bits per heavy atom. The van der Waals surface area contributed by atoms with Gasteiger partial charge in [0.05, 0.1) is 5.37 Å². The van der Waals surface area contributed by atoms with Crippen LogP contribution < -0.4 is 5.32 Å². The molecule has 1 aromatic rings. The fourth-order valence-corrected chi connectivity index (χ4v) is 2.10. The Morgan fingerprint density at radius 3 is 2.80 bits per heavy atom. The smallest absolute Gasteiger partial charge is 0.0853 e. The van der Waals surface area contributed by atoms with E-state index >= 15 is 0 Å². The quantitative estimate of drug-likeness (QED) is 0.516. The number of aryl methyl sites for hydroxylation is 1. The zero-order chi connectivity index (χ0) is 7.56. The lowest BCUT2D eigenvalue weighted by Gasteiger charge is -2.06. The van der Waals surface area contributed by atoms with Crippen LogP contribution in [-0.2, 0) is 0 Å². The van der Waals surface area contributed by atoms with Crippen LogP contribution in [0, 0.1) is 6.92 Å². The molecule has 56 valence electrons. The predicted molar refractivity (Wildman–Crippen MR) is 49.8 cm³/mol. The van der Waals surface area contributed by atoms with E-state index < -0.39 is 0 Å². The standard InChI is InChI=1S/C7H11NS2/c1-5-3-4-10-6(5)7(9)8-2/h3-4,7-9H,1-2H3. The maximum atomic E-state index is 4.35. The molecule has 1 rings (SSSR count). The summed E-state index contributed by atoms with van der Waals surface area (Å²) in [6, 6.07) is 2.11. The highest BCUT2D eigenvalue weighted by atomic mass is 32.1. The highest BCUT2D eigenvalue weighted by Crippen LogP contribution is 2.25. The van der Waals surface area contributed by atoms with Crippen LogP contribution in [0.25, 0.3) is 0 Å². The van der Waals surface area contributed by atoms with Gasteiger partial charge in [-0.15, -0.1) is 11.3 Å². The zero-order valence-corrected chi connectivity index (χ0v) is 7.80. The summed E-state index contributed by atoms with van der Waals surface area (Å²) in [7, 11) is 1.91. The summed E-state index contributed by atoms with van der Waals surface area (Å²) in [5, 5.41) is 5.37. The molecule has 1 unspecified atom stereocenters. The number of thiol groups is 1. The Kier molecular flexibility index (Phi) is 2.77. The van der Waals surface area contributed by atoms with Crippen LogP contribution in [0.15, 0.2) is 11.4 Å². The predicted octanol–water partition coefficient (Wildman–Crippen LogP) is 2.20. The number of rotatable bonds is 2. The van der Waals surface area contributed by atoms with Crippen LogP contribution in [0.3, 0.4) is 0 Å². The molecule has 0 amide bonds.